The molecule has 1 saturated heterocycles. The fourth-order valence-electron chi connectivity index (χ4n) is 2.95. The fourth-order valence-corrected chi connectivity index (χ4v) is 3.78. The molecule has 1 atom stereocenters. The van der Waals surface area contributed by atoms with E-state index in [1.165, 1.54) is 51.6 Å². The van der Waals surface area contributed by atoms with Crippen LogP contribution in [-0.2, 0) is 0 Å². The van der Waals surface area contributed by atoms with Gasteiger partial charge in [0.15, 0.2) is 0 Å². The van der Waals surface area contributed by atoms with Gasteiger partial charge in [0.25, 0.3) is 0 Å². The first-order chi connectivity index (χ1) is 8.67. The molecule has 1 fully saturated rings. The summed E-state index contributed by atoms with van der Waals surface area (Å²) in [5.41, 5.74) is 0. The molecule has 0 bridgehead atoms. The van der Waals surface area contributed by atoms with Crippen molar-refractivity contribution in [1.82, 2.24) is 10.2 Å². The molecule has 0 aromatic heterocycles. The maximum Gasteiger partial charge on any atom is 0.0276 e. The number of rotatable bonds is 8. The molecule has 108 valence electrons. The maximum absolute atomic E-state index is 3.70. The van der Waals surface area contributed by atoms with E-state index in [4.69, 9.17) is 0 Å². The van der Waals surface area contributed by atoms with Gasteiger partial charge in [-0.3, -0.25) is 0 Å². The van der Waals surface area contributed by atoms with Crippen LogP contribution >= 0.6 is 11.8 Å². The molecule has 0 aromatic rings. The second-order valence-electron chi connectivity index (χ2n) is 5.69. The van der Waals surface area contributed by atoms with E-state index in [1.807, 2.05) is 11.8 Å². The molecule has 1 N–H and O–H groups in total. The minimum absolute atomic E-state index is 0.457. The number of nitrogens with one attached hydrogen (secondary N) is 1. The number of hydrogen-bond donors (Lipinski definition) is 1. The first-order valence-corrected chi connectivity index (χ1v) is 8.86. The van der Waals surface area contributed by atoms with Crippen LogP contribution in [-0.4, -0.2) is 48.6 Å². The number of thioether (sulfide) groups is 1. The fraction of sp³-hybridized carbons (Fsp3) is 1.00. The van der Waals surface area contributed by atoms with Gasteiger partial charge in [-0.05, 0) is 58.5 Å². The molecule has 18 heavy (non-hydrogen) atoms. The molecule has 1 aliphatic rings. The van der Waals surface area contributed by atoms with Crippen molar-refractivity contribution in [2.24, 2.45) is 0 Å². The Morgan fingerprint density at radius 3 is 2.56 bits per heavy atom. The minimum Gasteiger partial charge on any atom is -0.315 e. The van der Waals surface area contributed by atoms with Gasteiger partial charge < -0.3 is 10.2 Å². The van der Waals surface area contributed by atoms with Gasteiger partial charge in [0.2, 0.25) is 0 Å². The lowest BCUT2D eigenvalue weighted by atomic mass is 9.99. The molecule has 1 heterocycles. The van der Waals surface area contributed by atoms with Crippen LogP contribution in [0.3, 0.4) is 0 Å². The zero-order valence-electron chi connectivity index (χ0n) is 12.8. The van der Waals surface area contributed by atoms with E-state index < -0.39 is 0 Å². The second-order valence-corrected chi connectivity index (χ2v) is 6.96. The Bertz CT molecular complexity index is 208. The Morgan fingerprint density at radius 1 is 1.28 bits per heavy atom. The summed E-state index contributed by atoms with van der Waals surface area (Å²) in [6.07, 6.45) is 10.3. The molecular formula is C15H32N2S. The molecule has 0 aromatic carbocycles. The van der Waals surface area contributed by atoms with Crippen LogP contribution in [0.25, 0.3) is 0 Å². The average Bonchev–Trinajstić information content (AvgIpc) is 2.42. The monoisotopic (exact) mass is 272 g/mol. The highest BCUT2D eigenvalue weighted by Gasteiger charge is 2.24. The van der Waals surface area contributed by atoms with Crippen LogP contribution in [0.4, 0.5) is 0 Å². The van der Waals surface area contributed by atoms with Crippen LogP contribution in [0.5, 0.6) is 0 Å². The molecule has 1 aliphatic heterocycles. The van der Waals surface area contributed by atoms with Crippen molar-refractivity contribution in [3.05, 3.63) is 0 Å². The molecular weight excluding hydrogens is 240 g/mol. The third kappa shape index (κ3) is 4.75. The summed E-state index contributed by atoms with van der Waals surface area (Å²) in [6.45, 7) is 8.27. The van der Waals surface area contributed by atoms with Crippen molar-refractivity contribution in [2.75, 3.05) is 32.9 Å². The Balaban J connectivity index is 2.20. The standard InChI is InChI=1S/C15H32N2S/c1-5-15(6-2,18-4)13-16-11-10-14-9-7-8-12-17(14)3/h14,16H,5-13H2,1-4H3. The van der Waals surface area contributed by atoms with Crippen LogP contribution in [0.1, 0.15) is 52.4 Å². The lowest BCUT2D eigenvalue weighted by molar-refractivity contribution is 0.175. The van der Waals surface area contributed by atoms with E-state index in [-0.39, 0.29) is 0 Å². The lowest BCUT2D eigenvalue weighted by Crippen LogP contribution is -2.41. The van der Waals surface area contributed by atoms with Crippen molar-refractivity contribution in [3.8, 4) is 0 Å². The molecule has 0 saturated carbocycles. The normalized spacial score (nSPS) is 22.3. The van der Waals surface area contributed by atoms with Gasteiger partial charge in [-0.15, -0.1) is 0 Å². The summed E-state index contributed by atoms with van der Waals surface area (Å²) in [5, 5.41) is 3.70. The zero-order valence-corrected chi connectivity index (χ0v) is 13.6. The maximum atomic E-state index is 3.70. The van der Waals surface area contributed by atoms with E-state index in [0.717, 1.165) is 12.6 Å². The summed E-state index contributed by atoms with van der Waals surface area (Å²) in [6, 6.07) is 0.818. The second kappa shape index (κ2) is 8.44. The first kappa shape index (κ1) is 16.3. The molecule has 1 unspecified atom stereocenters. The smallest absolute Gasteiger partial charge is 0.0276 e. The largest absolute Gasteiger partial charge is 0.315 e. The lowest BCUT2D eigenvalue weighted by Gasteiger charge is -2.33. The van der Waals surface area contributed by atoms with Gasteiger partial charge >= 0.3 is 0 Å². The van der Waals surface area contributed by atoms with Gasteiger partial charge in [0.1, 0.15) is 0 Å². The molecule has 3 heteroatoms. The van der Waals surface area contributed by atoms with Crippen LogP contribution in [0.2, 0.25) is 0 Å². The van der Waals surface area contributed by atoms with Crippen LogP contribution in [0.15, 0.2) is 0 Å². The van der Waals surface area contributed by atoms with Crippen molar-refractivity contribution in [3.63, 3.8) is 0 Å². The molecule has 2 nitrogen and oxygen atoms in total. The van der Waals surface area contributed by atoms with Crippen molar-refractivity contribution >= 4 is 11.8 Å². The summed E-state index contributed by atoms with van der Waals surface area (Å²) in [7, 11) is 2.29. The van der Waals surface area contributed by atoms with Gasteiger partial charge in [-0.1, -0.05) is 20.3 Å². The van der Waals surface area contributed by atoms with E-state index in [1.54, 1.807) is 0 Å². The Kier molecular flexibility index (Phi) is 7.66. The highest BCUT2D eigenvalue weighted by Crippen LogP contribution is 2.29. The third-order valence-corrected chi connectivity index (χ3v) is 6.33. The van der Waals surface area contributed by atoms with Gasteiger partial charge in [-0.2, -0.15) is 11.8 Å². The zero-order chi connectivity index (χ0) is 13.4. The van der Waals surface area contributed by atoms with E-state index in [9.17, 15) is 0 Å². The molecule has 0 radical (unpaired) electrons. The average molecular weight is 273 g/mol. The van der Waals surface area contributed by atoms with Crippen molar-refractivity contribution in [2.45, 2.75) is 63.2 Å². The van der Waals surface area contributed by atoms with Crippen molar-refractivity contribution < 1.29 is 0 Å². The highest BCUT2D eigenvalue weighted by atomic mass is 32.2. The van der Waals surface area contributed by atoms with Crippen molar-refractivity contribution in [1.29, 1.82) is 0 Å². The number of likely N-dealkylation sites (tertiary alicyclic amines) is 1. The number of hydrogen-bond acceptors (Lipinski definition) is 3. The summed E-state index contributed by atoms with van der Waals surface area (Å²) < 4.78 is 0.457. The minimum atomic E-state index is 0.457. The number of nitrogens with zero attached hydrogens (tertiary/aromatic N) is 1. The van der Waals surface area contributed by atoms with E-state index in [2.05, 4.69) is 37.4 Å². The van der Waals surface area contributed by atoms with E-state index >= 15 is 0 Å². The molecule has 0 amide bonds. The van der Waals surface area contributed by atoms with Crippen LogP contribution in [0, 0.1) is 0 Å². The predicted molar refractivity (Wildman–Crippen MR) is 84.6 cm³/mol. The van der Waals surface area contributed by atoms with Gasteiger partial charge in [0, 0.05) is 17.3 Å². The highest BCUT2D eigenvalue weighted by molar-refractivity contribution is 8.00. The Labute approximate surface area is 118 Å². The molecule has 1 rings (SSSR count). The Morgan fingerprint density at radius 2 is 2.00 bits per heavy atom. The van der Waals surface area contributed by atoms with E-state index in [0.29, 0.717) is 4.75 Å². The molecule has 0 spiro atoms. The van der Waals surface area contributed by atoms with Gasteiger partial charge in [-0.25, -0.2) is 0 Å². The van der Waals surface area contributed by atoms with Gasteiger partial charge in [0.05, 0.1) is 0 Å². The predicted octanol–water partition coefficient (Wildman–Crippen LogP) is 3.37. The Hall–Kier alpha value is 0.270. The molecule has 0 aliphatic carbocycles. The quantitative estimate of drug-likeness (QED) is 0.682. The SMILES string of the molecule is CCC(CC)(CNCCC1CCCCN1C)SC. The topological polar surface area (TPSA) is 15.3 Å². The first-order valence-electron chi connectivity index (χ1n) is 7.63. The third-order valence-electron chi connectivity index (χ3n) is 4.74. The number of piperidine rings is 1. The summed E-state index contributed by atoms with van der Waals surface area (Å²) in [4.78, 5) is 2.55. The summed E-state index contributed by atoms with van der Waals surface area (Å²) in [5.74, 6) is 0. The summed E-state index contributed by atoms with van der Waals surface area (Å²) >= 11 is 2.03. The van der Waals surface area contributed by atoms with Crippen LogP contribution < -0.4 is 5.32 Å².